The van der Waals surface area contributed by atoms with E-state index in [9.17, 15) is 4.79 Å². The first-order valence-corrected chi connectivity index (χ1v) is 6.94. The van der Waals surface area contributed by atoms with Crippen LogP contribution in [0, 0.1) is 6.92 Å². The Balaban J connectivity index is 2.24. The van der Waals surface area contributed by atoms with Gasteiger partial charge in [-0.15, -0.1) is 0 Å². The molecule has 0 amide bonds. The zero-order valence-electron chi connectivity index (χ0n) is 11.6. The highest BCUT2D eigenvalue weighted by Crippen LogP contribution is 2.26. The molecule has 1 fully saturated rings. The lowest BCUT2D eigenvalue weighted by molar-refractivity contribution is 0.0697. The standard InChI is InChI=1S/C15H22N2O2/c1-3-17(13-6-8-16-9-7-13)14-5-4-12(15(18)19)10-11(14)2/h4-5,10,13,16H,3,6-9H2,1-2H3,(H,18,19). The first-order chi connectivity index (χ1) is 9.13. The summed E-state index contributed by atoms with van der Waals surface area (Å²) in [7, 11) is 0. The monoisotopic (exact) mass is 262 g/mol. The molecule has 1 heterocycles. The van der Waals surface area contributed by atoms with Crippen molar-refractivity contribution in [1.82, 2.24) is 5.32 Å². The second-order valence-corrected chi connectivity index (χ2v) is 5.07. The Hall–Kier alpha value is -1.55. The van der Waals surface area contributed by atoms with Crippen LogP contribution in [-0.4, -0.2) is 36.8 Å². The molecule has 2 rings (SSSR count). The van der Waals surface area contributed by atoms with Crippen molar-refractivity contribution in [3.8, 4) is 0 Å². The highest BCUT2D eigenvalue weighted by Gasteiger charge is 2.21. The Morgan fingerprint density at radius 2 is 2.11 bits per heavy atom. The van der Waals surface area contributed by atoms with E-state index in [2.05, 4.69) is 17.1 Å². The number of aryl methyl sites for hydroxylation is 1. The van der Waals surface area contributed by atoms with Gasteiger partial charge in [0.25, 0.3) is 0 Å². The van der Waals surface area contributed by atoms with Crippen molar-refractivity contribution in [2.24, 2.45) is 0 Å². The van der Waals surface area contributed by atoms with Gasteiger partial charge < -0.3 is 15.3 Å². The molecule has 0 bridgehead atoms. The minimum Gasteiger partial charge on any atom is -0.478 e. The van der Waals surface area contributed by atoms with Gasteiger partial charge in [-0.1, -0.05) is 0 Å². The number of anilines is 1. The minimum absolute atomic E-state index is 0.364. The Morgan fingerprint density at radius 3 is 2.63 bits per heavy atom. The summed E-state index contributed by atoms with van der Waals surface area (Å²) in [5.74, 6) is -0.862. The van der Waals surface area contributed by atoms with Crippen molar-refractivity contribution in [2.45, 2.75) is 32.7 Å². The summed E-state index contributed by atoms with van der Waals surface area (Å²) in [5.41, 5.74) is 2.57. The molecule has 1 saturated heterocycles. The van der Waals surface area contributed by atoms with Crippen molar-refractivity contribution in [2.75, 3.05) is 24.5 Å². The molecular formula is C15H22N2O2. The van der Waals surface area contributed by atoms with E-state index in [-0.39, 0.29) is 0 Å². The summed E-state index contributed by atoms with van der Waals surface area (Å²) in [6.45, 7) is 7.23. The van der Waals surface area contributed by atoms with Crippen molar-refractivity contribution in [3.63, 3.8) is 0 Å². The number of nitrogens with one attached hydrogen (secondary N) is 1. The summed E-state index contributed by atoms with van der Waals surface area (Å²) in [4.78, 5) is 13.4. The molecule has 1 aliphatic rings. The van der Waals surface area contributed by atoms with Crippen molar-refractivity contribution in [1.29, 1.82) is 0 Å². The average Bonchev–Trinajstić information content (AvgIpc) is 2.42. The molecule has 104 valence electrons. The largest absolute Gasteiger partial charge is 0.478 e. The van der Waals surface area contributed by atoms with Gasteiger partial charge in [0, 0.05) is 18.3 Å². The normalized spacial score (nSPS) is 16.3. The zero-order chi connectivity index (χ0) is 13.8. The second-order valence-electron chi connectivity index (χ2n) is 5.07. The molecular weight excluding hydrogens is 240 g/mol. The molecule has 0 aromatic heterocycles. The summed E-state index contributed by atoms with van der Waals surface area (Å²) in [6.07, 6.45) is 2.29. The zero-order valence-corrected chi connectivity index (χ0v) is 11.6. The molecule has 19 heavy (non-hydrogen) atoms. The van der Waals surface area contributed by atoms with Crippen LogP contribution in [0.3, 0.4) is 0 Å². The van der Waals surface area contributed by atoms with E-state index >= 15 is 0 Å². The molecule has 0 spiro atoms. The number of carbonyl (C=O) groups is 1. The predicted molar refractivity (Wildman–Crippen MR) is 77.1 cm³/mol. The van der Waals surface area contributed by atoms with Crippen LogP contribution in [0.2, 0.25) is 0 Å². The maximum absolute atomic E-state index is 11.0. The Morgan fingerprint density at radius 1 is 1.42 bits per heavy atom. The Kier molecular flexibility index (Phi) is 4.43. The van der Waals surface area contributed by atoms with E-state index in [1.54, 1.807) is 12.1 Å². The SMILES string of the molecule is CCN(c1ccc(C(=O)O)cc1C)C1CCNCC1. The van der Waals surface area contributed by atoms with Gasteiger partial charge in [-0.05, 0) is 63.5 Å². The van der Waals surface area contributed by atoms with Crippen LogP contribution in [0.15, 0.2) is 18.2 Å². The summed E-state index contributed by atoms with van der Waals surface area (Å²) >= 11 is 0. The fraction of sp³-hybridized carbons (Fsp3) is 0.533. The van der Waals surface area contributed by atoms with E-state index in [1.165, 1.54) is 5.69 Å². The van der Waals surface area contributed by atoms with E-state index < -0.39 is 5.97 Å². The first kappa shape index (κ1) is 13.9. The van der Waals surface area contributed by atoms with Crippen LogP contribution >= 0.6 is 0 Å². The van der Waals surface area contributed by atoms with Gasteiger partial charge in [0.15, 0.2) is 0 Å². The number of rotatable bonds is 4. The highest BCUT2D eigenvalue weighted by atomic mass is 16.4. The van der Waals surface area contributed by atoms with Crippen molar-refractivity contribution < 1.29 is 9.90 Å². The van der Waals surface area contributed by atoms with Crippen molar-refractivity contribution in [3.05, 3.63) is 29.3 Å². The molecule has 0 radical (unpaired) electrons. The highest BCUT2D eigenvalue weighted by molar-refractivity contribution is 5.88. The lowest BCUT2D eigenvalue weighted by Crippen LogP contribution is -2.43. The third kappa shape index (κ3) is 3.07. The van der Waals surface area contributed by atoms with Crippen molar-refractivity contribution >= 4 is 11.7 Å². The molecule has 1 aliphatic heterocycles. The number of aromatic carboxylic acids is 1. The second kappa shape index (κ2) is 6.06. The molecule has 4 nitrogen and oxygen atoms in total. The summed E-state index contributed by atoms with van der Waals surface area (Å²) in [6, 6.07) is 5.97. The van der Waals surface area contributed by atoms with Gasteiger partial charge in [-0.25, -0.2) is 4.79 Å². The van der Waals surface area contributed by atoms with Crippen LogP contribution in [0.4, 0.5) is 5.69 Å². The fourth-order valence-corrected chi connectivity index (χ4v) is 2.85. The van der Waals surface area contributed by atoms with E-state index in [0.717, 1.165) is 38.0 Å². The van der Waals surface area contributed by atoms with Gasteiger partial charge in [0.1, 0.15) is 0 Å². The number of nitrogens with zero attached hydrogens (tertiary/aromatic N) is 1. The van der Waals surface area contributed by atoms with Crippen LogP contribution in [0.25, 0.3) is 0 Å². The van der Waals surface area contributed by atoms with Gasteiger partial charge in [-0.3, -0.25) is 0 Å². The third-order valence-corrected chi connectivity index (χ3v) is 3.84. The topological polar surface area (TPSA) is 52.6 Å². The first-order valence-electron chi connectivity index (χ1n) is 6.94. The quantitative estimate of drug-likeness (QED) is 0.874. The van der Waals surface area contributed by atoms with Gasteiger partial charge in [0.05, 0.1) is 5.56 Å². The smallest absolute Gasteiger partial charge is 0.335 e. The van der Waals surface area contributed by atoms with E-state index in [0.29, 0.717) is 11.6 Å². The van der Waals surface area contributed by atoms with E-state index in [1.807, 2.05) is 13.0 Å². The van der Waals surface area contributed by atoms with E-state index in [4.69, 9.17) is 5.11 Å². The molecule has 0 unspecified atom stereocenters. The molecule has 0 aliphatic carbocycles. The number of piperidine rings is 1. The number of carboxylic acid groups (broad SMARTS) is 1. The summed E-state index contributed by atoms with van der Waals surface area (Å²) < 4.78 is 0. The van der Waals surface area contributed by atoms with Gasteiger partial charge >= 0.3 is 5.97 Å². The lowest BCUT2D eigenvalue weighted by Gasteiger charge is -2.36. The van der Waals surface area contributed by atoms with Crippen LogP contribution in [-0.2, 0) is 0 Å². The minimum atomic E-state index is -0.862. The van der Waals surface area contributed by atoms with Crippen LogP contribution in [0.5, 0.6) is 0 Å². The molecule has 0 saturated carbocycles. The molecule has 1 aromatic rings. The van der Waals surface area contributed by atoms with Crippen LogP contribution < -0.4 is 10.2 Å². The van der Waals surface area contributed by atoms with Gasteiger partial charge in [-0.2, -0.15) is 0 Å². The summed E-state index contributed by atoms with van der Waals surface area (Å²) in [5, 5.41) is 12.4. The number of carboxylic acids is 1. The predicted octanol–water partition coefficient (Wildman–Crippen LogP) is 2.27. The molecule has 2 N–H and O–H groups in total. The maximum Gasteiger partial charge on any atom is 0.335 e. The molecule has 1 aromatic carbocycles. The third-order valence-electron chi connectivity index (χ3n) is 3.84. The van der Waals surface area contributed by atoms with Crippen LogP contribution in [0.1, 0.15) is 35.7 Å². The number of hydrogen-bond acceptors (Lipinski definition) is 3. The Labute approximate surface area is 114 Å². The average molecular weight is 262 g/mol. The molecule has 4 heteroatoms. The molecule has 0 atom stereocenters. The number of benzene rings is 1. The fourth-order valence-electron chi connectivity index (χ4n) is 2.85. The number of hydrogen-bond donors (Lipinski definition) is 2. The maximum atomic E-state index is 11.0. The van der Waals surface area contributed by atoms with Gasteiger partial charge in [0.2, 0.25) is 0 Å². The lowest BCUT2D eigenvalue weighted by atomic mass is 10.0. The Bertz CT molecular complexity index is 453.